The molecule has 1 aliphatic carbocycles. The zero-order valence-corrected chi connectivity index (χ0v) is 22.1. The van der Waals surface area contributed by atoms with Gasteiger partial charge in [0, 0.05) is 32.1 Å². The summed E-state index contributed by atoms with van der Waals surface area (Å²) in [4.78, 5) is 6.72. The second-order valence-corrected chi connectivity index (χ2v) is 12.2. The van der Waals surface area contributed by atoms with Crippen LogP contribution in [0.4, 0.5) is 11.6 Å². The van der Waals surface area contributed by atoms with Gasteiger partial charge in [0.1, 0.15) is 11.6 Å². The fraction of sp³-hybridized carbons (Fsp3) is 0.500. The Morgan fingerprint density at radius 3 is 2.53 bits per heavy atom. The molecular weight excluding hydrogens is 476 g/mol. The first-order chi connectivity index (χ1) is 17.2. The van der Waals surface area contributed by atoms with Gasteiger partial charge in [-0.05, 0) is 55.3 Å². The molecule has 5 rings (SSSR count). The van der Waals surface area contributed by atoms with Gasteiger partial charge >= 0.3 is 0 Å². The van der Waals surface area contributed by atoms with E-state index in [0.29, 0.717) is 40.8 Å². The van der Waals surface area contributed by atoms with Crippen LogP contribution in [0.3, 0.4) is 0 Å². The molecule has 2 aliphatic rings. The molecule has 1 N–H and O–H groups in total. The molecule has 2 aromatic heterocycles. The van der Waals surface area contributed by atoms with Crippen LogP contribution >= 0.6 is 0 Å². The van der Waals surface area contributed by atoms with E-state index >= 15 is 0 Å². The molecule has 1 aromatic carbocycles. The second kappa shape index (κ2) is 9.82. The number of nitrogens with zero attached hydrogens (tertiary/aromatic N) is 5. The predicted octanol–water partition coefficient (Wildman–Crippen LogP) is 3.83. The van der Waals surface area contributed by atoms with E-state index in [1.165, 1.54) is 29.6 Å². The molecule has 192 valence electrons. The number of nitrogens with one attached hydrogen (secondary N) is 1. The van der Waals surface area contributed by atoms with Crippen LogP contribution in [0, 0.1) is 11.8 Å². The normalized spacial score (nSPS) is 23.9. The van der Waals surface area contributed by atoms with Crippen molar-refractivity contribution in [1.82, 2.24) is 20.5 Å². The van der Waals surface area contributed by atoms with Gasteiger partial charge < -0.3 is 14.6 Å². The van der Waals surface area contributed by atoms with Gasteiger partial charge in [0.25, 0.3) is 0 Å². The van der Waals surface area contributed by atoms with Crippen LogP contribution < -0.4 is 14.5 Å². The lowest BCUT2D eigenvalue weighted by Crippen LogP contribution is -2.33. The SMILES string of the molecule is CC1CC1CN(C)c1cc(-c2nnc(C3NCCCC3c3ccccc3)o2)cc(N(C)S(C)(=O)=O)n1. The smallest absolute Gasteiger partial charge is 0.248 e. The lowest BCUT2D eigenvalue weighted by molar-refractivity contribution is 0.303. The fourth-order valence-electron chi connectivity index (χ4n) is 4.93. The van der Waals surface area contributed by atoms with Gasteiger partial charge in [-0.3, -0.25) is 4.31 Å². The Morgan fingerprint density at radius 2 is 1.83 bits per heavy atom. The molecule has 4 atom stereocenters. The first kappa shape index (κ1) is 24.7. The Bertz CT molecular complexity index is 1310. The maximum absolute atomic E-state index is 12.3. The van der Waals surface area contributed by atoms with Crippen LogP contribution in [0.15, 0.2) is 46.9 Å². The van der Waals surface area contributed by atoms with Gasteiger partial charge in [-0.15, -0.1) is 10.2 Å². The molecule has 0 spiro atoms. The maximum Gasteiger partial charge on any atom is 0.248 e. The topological polar surface area (TPSA) is 104 Å². The van der Waals surface area contributed by atoms with Crippen LogP contribution in [0.5, 0.6) is 0 Å². The number of anilines is 2. The van der Waals surface area contributed by atoms with E-state index in [0.717, 1.165) is 25.9 Å². The van der Waals surface area contributed by atoms with Gasteiger partial charge in [0.05, 0.1) is 12.3 Å². The summed E-state index contributed by atoms with van der Waals surface area (Å²) in [6, 6.07) is 13.9. The van der Waals surface area contributed by atoms with Crippen LogP contribution in [0.1, 0.15) is 49.6 Å². The highest BCUT2D eigenvalue weighted by molar-refractivity contribution is 7.92. The maximum atomic E-state index is 12.3. The zero-order valence-electron chi connectivity index (χ0n) is 21.3. The highest BCUT2D eigenvalue weighted by atomic mass is 32.2. The fourth-order valence-corrected chi connectivity index (χ4v) is 5.37. The van der Waals surface area contributed by atoms with E-state index < -0.39 is 10.0 Å². The van der Waals surface area contributed by atoms with Crippen molar-refractivity contribution >= 4 is 21.7 Å². The quantitative estimate of drug-likeness (QED) is 0.488. The van der Waals surface area contributed by atoms with Crippen molar-refractivity contribution in [3.05, 3.63) is 53.9 Å². The Balaban J connectivity index is 1.48. The Labute approximate surface area is 213 Å². The van der Waals surface area contributed by atoms with Crippen LogP contribution in [-0.4, -0.2) is 57.0 Å². The van der Waals surface area contributed by atoms with Crippen molar-refractivity contribution in [2.75, 3.05) is 42.6 Å². The predicted molar refractivity (Wildman–Crippen MR) is 140 cm³/mol. The monoisotopic (exact) mass is 510 g/mol. The van der Waals surface area contributed by atoms with Gasteiger partial charge in [0.15, 0.2) is 0 Å². The van der Waals surface area contributed by atoms with Crippen LogP contribution in [0.25, 0.3) is 11.5 Å². The summed E-state index contributed by atoms with van der Waals surface area (Å²) < 4.78 is 32.0. The van der Waals surface area contributed by atoms with Crippen LogP contribution in [0.2, 0.25) is 0 Å². The molecule has 2 fully saturated rings. The molecule has 1 saturated heterocycles. The van der Waals surface area contributed by atoms with E-state index in [-0.39, 0.29) is 12.0 Å². The number of sulfonamides is 1. The molecule has 1 saturated carbocycles. The van der Waals surface area contributed by atoms with Gasteiger partial charge in [-0.2, -0.15) is 0 Å². The summed E-state index contributed by atoms with van der Waals surface area (Å²) in [6.07, 6.45) is 4.48. The molecule has 0 radical (unpaired) electrons. The Hall–Kier alpha value is -2.98. The molecule has 0 bridgehead atoms. The van der Waals surface area contributed by atoms with E-state index in [1.54, 1.807) is 6.07 Å². The van der Waals surface area contributed by atoms with Crippen molar-refractivity contribution in [3.63, 3.8) is 0 Å². The van der Waals surface area contributed by atoms with E-state index in [9.17, 15) is 8.42 Å². The molecule has 10 heteroatoms. The molecule has 9 nitrogen and oxygen atoms in total. The van der Waals surface area contributed by atoms with Crippen molar-refractivity contribution in [2.24, 2.45) is 11.8 Å². The van der Waals surface area contributed by atoms with Gasteiger partial charge in [0.2, 0.25) is 21.8 Å². The number of pyridine rings is 1. The first-order valence-corrected chi connectivity index (χ1v) is 14.3. The van der Waals surface area contributed by atoms with E-state index in [1.807, 2.05) is 19.2 Å². The van der Waals surface area contributed by atoms with E-state index in [4.69, 9.17) is 4.42 Å². The summed E-state index contributed by atoms with van der Waals surface area (Å²) in [7, 11) is -0.00398. The van der Waals surface area contributed by atoms with Crippen molar-refractivity contribution in [1.29, 1.82) is 0 Å². The Morgan fingerprint density at radius 1 is 1.11 bits per heavy atom. The average molecular weight is 511 g/mol. The number of aromatic nitrogens is 3. The number of hydrogen-bond donors (Lipinski definition) is 1. The minimum Gasteiger partial charge on any atom is -0.419 e. The molecule has 0 amide bonds. The second-order valence-electron chi connectivity index (χ2n) is 10.2. The molecule has 3 heterocycles. The number of hydrogen-bond acceptors (Lipinski definition) is 8. The third kappa shape index (κ3) is 5.24. The van der Waals surface area contributed by atoms with Crippen LogP contribution in [-0.2, 0) is 10.0 Å². The summed E-state index contributed by atoms with van der Waals surface area (Å²) in [5.41, 5.74) is 1.89. The number of rotatable bonds is 8. The summed E-state index contributed by atoms with van der Waals surface area (Å²) in [5, 5.41) is 12.3. The van der Waals surface area contributed by atoms with Gasteiger partial charge in [-0.1, -0.05) is 37.3 Å². The molecule has 3 aromatic rings. The number of benzene rings is 1. The lowest BCUT2D eigenvalue weighted by atomic mass is 9.85. The van der Waals surface area contributed by atoms with Crippen molar-refractivity contribution in [2.45, 2.75) is 38.1 Å². The third-order valence-corrected chi connectivity index (χ3v) is 8.62. The lowest BCUT2D eigenvalue weighted by Gasteiger charge is -2.30. The van der Waals surface area contributed by atoms with Gasteiger partial charge in [-0.25, -0.2) is 13.4 Å². The molecule has 4 unspecified atom stereocenters. The standard InChI is InChI=1S/C26H34N6O3S/c1-17-13-20(17)16-31(2)22-14-19(15-23(28-22)32(3)36(4,33)34)25-29-30-26(35-25)24-21(11-8-12-27-24)18-9-6-5-7-10-18/h5-7,9-10,14-15,17,20-21,24,27H,8,11-13,16H2,1-4H3. The van der Waals surface area contributed by atoms with Crippen molar-refractivity contribution < 1.29 is 12.8 Å². The minimum atomic E-state index is -3.49. The summed E-state index contributed by atoms with van der Waals surface area (Å²) >= 11 is 0. The highest BCUT2D eigenvalue weighted by Crippen LogP contribution is 2.40. The summed E-state index contributed by atoms with van der Waals surface area (Å²) in [6.45, 7) is 3.99. The summed E-state index contributed by atoms with van der Waals surface area (Å²) in [5.74, 6) is 3.44. The Kier molecular flexibility index (Phi) is 6.74. The minimum absolute atomic E-state index is 0.0825. The van der Waals surface area contributed by atoms with E-state index in [2.05, 4.69) is 56.6 Å². The average Bonchev–Trinajstić information content (AvgIpc) is 3.35. The van der Waals surface area contributed by atoms with Crippen molar-refractivity contribution in [3.8, 4) is 11.5 Å². The first-order valence-electron chi connectivity index (χ1n) is 12.5. The third-order valence-electron chi connectivity index (χ3n) is 7.43. The highest BCUT2D eigenvalue weighted by Gasteiger charge is 2.34. The zero-order chi connectivity index (χ0) is 25.4. The largest absolute Gasteiger partial charge is 0.419 e. The molecule has 36 heavy (non-hydrogen) atoms. The molecular formula is C26H34N6O3S. The molecule has 1 aliphatic heterocycles. The number of piperidine rings is 1.